The van der Waals surface area contributed by atoms with Gasteiger partial charge in [-0.15, -0.1) is 0 Å². The van der Waals surface area contributed by atoms with E-state index in [1.54, 1.807) is 35.2 Å². The van der Waals surface area contributed by atoms with Crippen molar-refractivity contribution in [2.75, 3.05) is 6.54 Å². The van der Waals surface area contributed by atoms with Gasteiger partial charge < -0.3 is 14.5 Å². The van der Waals surface area contributed by atoms with Crippen LogP contribution in [0.5, 0.6) is 5.75 Å². The zero-order valence-electron chi connectivity index (χ0n) is 14.6. The van der Waals surface area contributed by atoms with Crippen molar-refractivity contribution in [1.29, 1.82) is 0 Å². The molecule has 0 spiro atoms. The maximum absolute atomic E-state index is 12.4. The zero-order chi connectivity index (χ0) is 19.4. The van der Waals surface area contributed by atoms with Gasteiger partial charge in [0.25, 0.3) is 5.91 Å². The van der Waals surface area contributed by atoms with Gasteiger partial charge >= 0.3 is 0 Å². The predicted molar refractivity (Wildman–Crippen MR) is 113 cm³/mol. The van der Waals surface area contributed by atoms with Crippen LogP contribution < -0.4 is 10.1 Å². The summed E-state index contributed by atoms with van der Waals surface area (Å²) >= 11 is 14.7. The van der Waals surface area contributed by atoms with Crippen LogP contribution in [0.15, 0.2) is 44.9 Å². The summed E-state index contributed by atoms with van der Waals surface area (Å²) < 4.78 is 12.3. The Morgan fingerprint density at radius 2 is 2.19 bits per heavy atom. The predicted octanol–water partition coefficient (Wildman–Crippen LogP) is 5.13. The first-order valence-corrected chi connectivity index (χ1v) is 10.1. The number of hydrogen-bond donors (Lipinski definition) is 1. The zero-order valence-corrected chi connectivity index (χ0v) is 17.8. The van der Waals surface area contributed by atoms with Crippen molar-refractivity contribution < 1.29 is 13.9 Å². The maximum atomic E-state index is 12.4. The summed E-state index contributed by atoms with van der Waals surface area (Å²) in [6, 6.07) is 8.97. The Morgan fingerprint density at radius 1 is 1.37 bits per heavy atom. The van der Waals surface area contributed by atoms with Gasteiger partial charge in [-0.2, -0.15) is 0 Å². The smallest absolute Gasteiger partial charge is 0.276 e. The fraction of sp³-hybridized carbons (Fsp3) is 0.263. The molecule has 1 aromatic heterocycles. The molecular formula is C19H18BrClN2O3S. The number of carbonyl (C=O) groups excluding carboxylic acids is 1. The lowest BCUT2D eigenvalue weighted by atomic mass is 10.3. The fourth-order valence-corrected chi connectivity index (χ4v) is 3.54. The lowest BCUT2D eigenvalue weighted by molar-refractivity contribution is -0.122. The normalized spacial score (nSPS) is 15.5. The molecule has 2 heterocycles. The van der Waals surface area contributed by atoms with Crippen molar-refractivity contribution in [2.45, 2.75) is 26.4 Å². The first kappa shape index (κ1) is 19.9. The lowest BCUT2D eigenvalue weighted by Crippen LogP contribution is -2.31. The second-order valence-electron chi connectivity index (χ2n) is 5.97. The van der Waals surface area contributed by atoms with Crippen LogP contribution in [0.4, 0.5) is 0 Å². The van der Waals surface area contributed by atoms with Gasteiger partial charge in [-0.1, -0.05) is 40.9 Å². The molecule has 1 aliphatic heterocycles. The molecule has 2 aromatic rings. The van der Waals surface area contributed by atoms with Gasteiger partial charge in [0, 0.05) is 17.1 Å². The highest BCUT2D eigenvalue weighted by Crippen LogP contribution is 2.28. The number of nitrogens with one attached hydrogen (secondary N) is 1. The first-order chi connectivity index (χ1) is 13.0. The third kappa shape index (κ3) is 4.91. The molecule has 1 aliphatic rings. The van der Waals surface area contributed by atoms with Crippen LogP contribution in [-0.4, -0.2) is 22.5 Å². The van der Waals surface area contributed by atoms with Gasteiger partial charge in [0.1, 0.15) is 29.6 Å². The molecule has 27 heavy (non-hydrogen) atoms. The number of ether oxygens (including phenoxy) is 1. The van der Waals surface area contributed by atoms with E-state index >= 15 is 0 Å². The van der Waals surface area contributed by atoms with E-state index in [2.05, 4.69) is 28.2 Å². The molecule has 142 valence electrons. The molecule has 8 heteroatoms. The maximum Gasteiger partial charge on any atom is 0.276 e. The number of rotatable bonds is 7. The number of furan rings is 1. The van der Waals surface area contributed by atoms with Crippen molar-refractivity contribution in [2.24, 2.45) is 0 Å². The Morgan fingerprint density at radius 3 is 2.93 bits per heavy atom. The number of benzene rings is 1. The van der Waals surface area contributed by atoms with E-state index < -0.39 is 0 Å². The number of carbonyl (C=O) groups is 1. The Hall–Kier alpha value is -1.83. The Balaban J connectivity index is 1.64. The summed E-state index contributed by atoms with van der Waals surface area (Å²) in [5.74, 6) is 1.60. The van der Waals surface area contributed by atoms with Crippen molar-refractivity contribution in [3.8, 4) is 5.75 Å². The summed E-state index contributed by atoms with van der Waals surface area (Å²) in [4.78, 5) is 14.0. The molecule has 0 bridgehead atoms. The molecule has 0 radical (unpaired) electrons. The van der Waals surface area contributed by atoms with Gasteiger partial charge in [0.05, 0.1) is 5.02 Å². The molecular weight excluding hydrogens is 452 g/mol. The minimum Gasteiger partial charge on any atom is -0.484 e. The van der Waals surface area contributed by atoms with Crippen LogP contribution in [0.25, 0.3) is 6.08 Å². The molecule has 0 saturated carbocycles. The molecule has 0 aliphatic carbocycles. The van der Waals surface area contributed by atoms with Crippen molar-refractivity contribution in [3.63, 3.8) is 0 Å². The monoisotopic (exact) mass is 468 g/mol. The van der Waals surface area contributed by atoms with Crippen LogP contribution in [-0.2, 0) is 11.4 Å². The molecule has 1 N–H and O–H groups in total. The van der Waals surface area contributed by atoms with Crippen molar-refractivity contribution in [3.05, 3.63) is 57.0 Å². The lowest BCUT2D eigenvalue weighted by Gasteiger charge is -2.12. The van der Waals surface area contributed by atoms with Crippen LogP contribution in [0, 0.1) is 0 Å². The summed E-state index contributed by atoms with van der Waals surface area (Å²) in [6.07, 6.45) is 3.55. The second-order valence-corrected chi connectivity index (χ2v) is 7.68. The number of halogens is 2. The molecule has 0 atom stereocenters. The van der Waals surface area contributed by atoms with E-state index in [1.807, 2.05) is 6.07 Å². The van der Waals surface area contributed by atoms with Crippen LogP contribution in [0.2, 0.25) is 5.02 Å². The molecule has 3 rings (SSSR count). The molecule has 1 amide bonds. The number of hydrogen-bond acceptors (Lipinski definition) is 4. The number of thiocarbonyl (C=S) groups is 1. The Kier molecular flexibility index (Phi) is 6.57. The summed E-state index contributed by atoms with van der Waals surface area (Å²) in [7, 11) is 0. The topological polar surface area (TPSA) is 54.7 Å². The third-order valence-corrected chi connectivity index (χ3v) is 5.04. The molecule has 1 aromatic carbocycles. The number of nitrogens with zero attached hydrogens (tertiary/aromatic N) is 1. The van der Waals surface area contributed by atoms with E-state index in [4.69, 9.17) is 33.0 Å². The third-order valence-electron chi connectivity index (χ3n) is 3.93. The van der Waals surface area contributed by atoms with E-state index in [0.717, 1.165) is 17.3 Å². The van der Waals surface area contributed by atoms with E-state index in [-0.39, 0.29) is 12.5 Å². The number of amides is 1. The molecule has 1 saturated heterocycles. The van der Waals surface area contributed by atoms with Crippen LogP contribution in [0.3, 0.4) is 0 Å². The largest absolute Gasteiger partial charge is 0.484 e. The average molecular weight is 470 g/mol. The van der Waals surface area contributed by atoms with Crippen molar-refractivity contribution >= 4 is 56.8 Å². The second kappa shape index (κ2) is 8.91. The SMILES string of the molecule is CCCCN1C(=O)/C(=C\c2ccc(COc3ccc(Br)cc3Cl)o2)NC1=S. The van der Waals surface area contributed by atoms with Gasteiger partial charge in [0.15, 0.2) is 5.11 Å². The standard InChI is InChI=1S/C19H18BrClN2O3S/c1-2-3-8-23-18(24)16(22-19(23)27)10-13-5-6-14(26-13)11-25-17-7-4-12(20)9-15(17)21/h4-7,9-10H,2-3,8,11H2,1H3,(H,22,27)/b16-10+. The van der Waals surface area contributed by atoms with Gasteiger partial charge in [0.2, 0.25) is 0 Å². The van der Waals surface area contributed by atoms with Gasteiger partial charge in [-0.25, -0.2) is 0 Å². The molecule has 5 nitrogen and oxygen atoms in total. The Bertz CT molecular complexity index is 897. The summed E-state index contributed by atoms with van der Waals surface area (Å²) in [5.41, 5.74) is 0.411. The minimum atomic E-state index is -0.135. The summed E-state index contributed by atoms with van der Waals surface area (Å²) in [6.45, 7) is 2.91. The van der Waals surface area contributed by atoms with Gasteiger partial charge in [-0.05, 0) is 49.0 Å². The average Bonchev–Trinajstić information content (AvgIpc) is 3.18. The minimum absolute atomic E-state index is 0.135. The van der Waals surface area contributed by atoms with E-state index in [9.17, 15) is 4.79 Å². The fourth-order valence-electron chi connectivity index (χ4n) is 2.52. The van der Waals surface area contributed by atoms with Gasteiger partial charge in [-0.3, -0.25) is 9.69 Å². The highest BCUT2D eigenvalue weighted by atomic mass is 79.9. The van der Waals surface area contributed by atoms with Crippen LogP contribution in [0.1, 0.15) is 31.3 Å². The highest BCUT2D eigenvalue weighted by molar-refractivity contribution is 9.10. The first-order valence-electron chi connectivity index (χ1n) is 8.49. The van der Waals surface area contributed by atoms with E-state index in [1.165, 1.54) is 0 Å². The highest BCUT2D eigenvalue weighted by Gasteiger charge is 2.30. The quantitative estimate of drug-likeness (QED) is 0.450. The summed E-state index contributed by atoms with van der Waals surface area (Å²) in [5, 5.41) is 3.89. The molecule has 0 unspecified atom stereocenters. The van der Waals surface area contributed by atoms with Crippen molar-refractivity contribution in [1.82, 2.24) is 10.2 Å². The number of unbranched alkanes of at least 4 members (excludes halogenated alkanes) is 1. The van der Waals surface area contributed by atoms with Crippen LogP contribution >= 0.6 is 39.7 Å². The molecule has 1 fully saturated rings. The Labute approximate surface area is 176 Å². The van der Waals surface area contributed by atoms with E-state index in [0.29, 0.717) is 39.6 Å².